The van der Waals surface area contributed by atoms with Crippen molar-refractivity contribution in [2.24, 2.45) is 0 Å². The van der Waals surface area contributed by atoms with Gasteiger partial charge in [-0.25, -0.2) is 4.68 Å². The lowest BCUT2D eigenvalue weighted by molar-refractivity contribution is 0.0975. The van der Waals surface area contributed by atoms with E-state index in [1.165, 1.54) is 44.9 Å². The van der Waals surface area contributed by atoms with Gasteiger partial charge in [-0.3, -0.25) is 4.90 Å². The van der Waals surface area contributed by atoms with Gasteiger partial charge in [0.25, 0.3) is 0 Å². The summed E-state index contributed by atoms with van der Waals surface area (Å²) in [5, 5.41) is 12.8. The zero-order chi connectivity index (χ0) is 15.4. The number of piperazine rings is 1. The predicted octanol–water partition coefficient (Wildman–Crippen LogP) is 2.69. The zero-order valence-corrected chi connectivity index (χ0v) is 15.3. The number of likely N-dealkylation sites (N-methyl/N-ethyl adjacent to an activating group) is 1. The van der Waals surface area contributed by atoms with Gasteiger partial charge >= 0.3 is 0 Å². The van der Waals surface area contributed by atoms with Crippen molar-refractivity contribution in [3.05, 3.63) is 5.82 Å². The normalized spacial score (nSPS) is 22.2. The first-order valence-corrected chi connectivity index (χ1v) is 9.00. The molecule has 1 unspecified atom stereocenters. The van der Waals surface area contributed by atoms with Crippen molar-refractivity contribution < 1.29 is 0 Å². The quantitative estimate of drug-likeness (QED) is 0.795. The van der Waals surface area contributed by atoms with Gasteiger partial charge in [0.05, 0.1) is 12.1 Å². The fourth-order valence-corrected chi connectivity index (χ4v) is 3.83. The highest BCUT2D eigenvalue weighted by Gasteiger charge is 2.30. The topological polar surface area (TPSA) is 50.1 Å². The maximum Gasteiger partial charge on any atom is 0.168 e. The molecular formula is C16H31ClN6. The lowest BCUT2D eigenvalue weighted by Crippen LogP contribution is -2.46. The van der Waals surface area contributed by atoms with Gasteiger partial charge in [-0.15, -0.1) is 17.5 Å². The Bertz CT molecular complexity index is 451. The van der Waals surface area contributed by atoms with Crippen LogP contribution in [0.1, 0.15) is 69.8 Å². The molecule has 23 heavy (non-hydrogen) atoms. The summed E-state index contributed by atoms with van der Waals surface area (Å²) in [7, 11) is 2.21. The smallest absolute Gasteiger partial charge is 0.168 e. The minimum atomic E-state index is 0. The Morgan fingerprint density at radius 3 is 2.48 bits per heavy atom. The second-order valence-corrected chi connectivity index (χ2v) is 6.92. The minimum absolute atomic E-state index is 0. The summed E-state index contributed by atoms with van der Waals surface area (Å²) >= 11 is 0. The molecule has 0 bridgehead atoms. The van der Waals surface area contributed by atoms with Crippen LogP contribution in [-0.4, -0.2) is 63.2 Å². The fraction of sp³-hybridized carbons (Fsp3) is 0.938. The Morgan fingerprint density at radius 2 is 1.83 bits per heavy atom. The summed E-state index contributed by atoms with van der Waals surface area (Å²) in [5.74, 6) is 1.12. The molecule has 0 spiro atoms. The summed E-state index contributed by atoms with van der Waals surface area (Å²) in [6, 6.07) is 0.922. The molecule has 1 saturated carbocycles. The lowest BCUT2D eigenvalue weighted by atomic mass is 10.1. The molecular weight excluding hydrogens is 312 g/mol. The Kier molecular flexibility index (Phi) is 7.24. The molecule has 2 heterocycles. The van der Waals surface area contributed by atoms with Crippen molar-refractivity contribution in [3.63, 3.8) is 0 Å². The van der Waals surface area contributed by atoms with E-state index in [-0.39, 0.29) is 12.4 Å². The number of aromatic nitrogens is 4. The summed E-state index contributed by atoms with van der Waals surface area (Å²) in [6.07, 6.45) is 8.76. The molecule has 1 aromatic heterocycles. The Hall–Kier alpha value is -0.720. The third-order valence-corrected chi connectivity index (χ3v) is 5.30. The molecule has 2 fully saturated rings. The number of nitrogens with zero attached hydrogens (tertiary/aromatic N) is 6. The minimum Gasteiger partial charge on any atom is -0.304 e. The molecule has 1 saturated heterocycles. The molecule has 2 aliphatic rings. The number of hydrogen-bond acceptors (Lipinski definition) is 5. The zero-order valence-electron chi connectivity index (χ0n) is 14.5. The van der Waals surface area contributed by atoms with Crippen LogP contribution >= 0.6 is 12.4 Å². The highest BCUT2D eigenvalue weighted by atomic mass is 35.5. The highest BCUT2D eigenvalue weighted by molar-refractivity contribution is 5.85. The molecule has 0 radical (unpaired) electrons. The number of halogens is 1. The van der Waals surface area contributed by atoms with Crippen LogP contribution in [0.5, 0.6) is 0 Å². The number of unbranched alkanes of at least 4 members (excludes halogenated alkanes) is 1. The van der Waals surface area contributed by atoms with Gasteiger partial charge in [-0.05, 0) is 36.7 Å². The van der Waals surface area contributed by atoms with E-state index < -0.39 is 0 Å². The van der Waals surface area contributed by atoms with E-state index in [4.69, 9.17) is 0 Å². The molecule has 3 rings (SSSR count). The van der Waals surface area contributed by atoms with Crippen LogP contribution in [0.15, 0.2) is 0 Å². The van der Waals surface area contributed by atoms with Gasteiger partial charge in [0.2, 0.25) is 0 Å². The van der Waals surface area contributed by atoms with Gasteiger partial charge in [-0.2, -0.15) is 0 Å². The largest absolute Gasteiger partial charge is 0.304 e. The third-order valence-electron chi connectivity index (χ3n) is 5.30. The molecule has 1 aromatic rings. The van der Waals surface area contributed by atoms with E-state index in [9.17, 15) is 0 Å². The molecule has 1 aliphatic carbocycles. The van der Waals surface area contributed by atoms with Crippen LogP contribution in [0.3, 0.4) is 0 Å². The average Bonchev–Trinajstić information content (AvgIpc) is 3.20. The predicted molar refractivity (Wildman–Crippen MR) is 93.9 cm³/mol. The van der Waals surface area contributed by atoms with Crippen molar-refractivity contribution in [3.8, 4) is 0 Å². The van der Waals surface area contributed by atoms with E-state index in [1.807, 2.05) is 0 Å². The molecule has 0 amide bonds. The van der Waals surface area contributed by atoms with E-state index >= 15 is 0 Å². The monoisotopic (exact) mass is 342 g/mol. The van der Waals surface area contributed by atoms with Gasteiger partial charge < -0.3 is 4.90 Å². The molecule has 0 aromatic carbocycles. The van der Waals surface area contributed by atoms with Crippen LogP contribution in [0.25, 0.3) is 0 Å². The second-order valence-electron chi connectivity index (χ2n) is 6.92. The summed E-state index contributed by atoms with van der Waals surface area (Å²) in [6.45, 7) is 6.81. The van der Waals surface area contributed by atoms with Crippen LogP contribution in [-0.2, 0) is 0 Å². The standard InChI is InChI=1S/C16H30N6.ClH/c1-3-4-9-15(21-12-10-20(2)11-13-21)16-17-18-19-22(16)14-7-5-6-8-14;/h14-15H,3-13H2,1-2H3;1H. The third kappa shape index (κ3) is 4.43. The van der Waals surface area contributed by atoms with Crippen molar-refractivity contribution in [1.82, 2.24) is 30.0 Å². The van der Waals surface area contributed by atoms with Gasteiger partial charge in [0, 0.05) is 26.2 Å². The van der Waals surface area contributed by atoms with E-state index in [1.54, 1.807) is 0 Å². The maximum atomic E-state index is 4.45. The molecule has 6 nitrogen and oxygen atoms in total. The van der Waals surface area contributed by atoms with E-state index in [0.29, 0.717) is 12.1 Å². The van der Waals surface area contributed by atoms with Crippen molar-refractivity contribution in [2.75, 3.05) is 33.2 Å². The number of hydrogen-bond donors (Lipinski definition) is 0. The fourth-order valence-electron chi connectivity index (χ4n) is 3.83. The van der Waals surface area contributed by atoms with Gasteiger partial charge in [0.15, 0.2) is 5.82 Å². The van der Waals surface area contributed by atoms with Crippen LogP contribution < -0.4 is 0 Å². The van der Waals surface area contributed by atoms with Crippen LogP contribution in [0.2, 0.25) is 0 Å². The van der Waals surface area contributed by atoms with Crippen LogP contribution in [0.4, 0.5) is 0 Å². The van der Waals surface area contributed by atoms with Crippen molar-refractivity contribution >= 4 is 12.4 Å². The lowest BCUT2D eigenvalue weighted by Gasteiger charge is -2.37. The Morgan fingerprint density at radius 1 is 1.13 bits per heavy atom. The molecule has 132 valence electrons. The number of rotatable bonds is 6. The average molecular weight is 343 g/mol. The maximum absolute atomic E-state index is 4.45. The Labute approximate surface area is 146 Å². The molecule has 7 heteroatoms. The second kappa shape index (κ2) is 8.94. The first kappa shape index (κ1) is 18.6. The van der Waals surface area contributed by atoms with E-state index in [0.717, 1.165) is 32.0 Å². The molecule has 1 atom stereocenters. The SMILES string of the molecule is CCCCC(c1nnnn1C1CCCC1)N1CCN(C)CC1.Cl. The van der Waals surface area contributed by atoms with E-state index in [2.05, 4.69) is 44.0 Å². The first-order chi connectivity index (χ1) is 10.8. The van der Waals surface area contributed by atoms with Gasteiger partial charge in [0.1, 0.15) is 0 Å². The van der Waals surface area contributed by atoms with Crippen LogP contribution in [0, 0.1) is 0 Å². The summed E-state index contributed by atoms with van der Waals surface area (Å²) < 4.78 is 2.16. The Balaban J connectivity index is 0.00000192. The summed E-state index contributed by atoms with van der Waals surface area (Å²) in [4.78, 5) is 5.01. The summed E-state index contributed by atoms with van der Waals surface area (Å²) in [5.41, 5.74) is 0. The number of tetrazole rings is 1. The molecule has 0 N–H and O–H groups in total. The van der Waals surface area contributed by atoms with Gasteiger partial charge in [-0.1, -0.05) is 32.6 Å². The van der Waals surface area contributed by atoms with Crippen molar-refractivity contribution in [1.29, 1.82) is 0 Å². The molecule has 1 aliphatic heterocycles. The first-order valence-electron chi connectivity index (χ1n) is 9.00. The van der Waals surface area contributed by atoms with Crippen molar-refractivity contribution in [2.45, 2.75) is 64.0 Å². The highest BCUT2D eigenvalue weighted by Crippen LogP contribution is 2.33.